The summed E-state index contributed by atoms with van der Waals surface area (Å²) in [7, 11) is 0. The van der Waals surface area contributed by atoms with E-state index in [2.05, 4.69) is 43.4 Å². The first kappa shape index (κ1) is 13.1. The number of benzene rings is 1. The van der Waals surface area contributed by atoms with Crippen LogP contribution in [0.25, 0.3) is 0 Å². The molecule has 1 atom stereocenters. The van der Waals surface area contributed by atoms with Crippen LogP contribution in [-0.4, -0.2) is 10.7 Å². The summed E-state index contributed by atoms with van der Waals surface area (Å²) in [4.78, 5) is 0. The number of rotatable bonds is 2. The molecule has 2 nitrogen and oxygen atoms in total. The van der Waals surface area contributed by atoms with Gasteiger partial charge < -0.3 is 10.4 Å². The Balaban J connectivity index is 1.77. The van der Waals surface area contributed by atoms with Gasteiger partial charge in [-0.15, -0.1) is 0 Å². The summed E-state index contributed by atoms with van der Waals surface area (Å²) in [5.74, 6) is 1.53. The summed E-state index contributed by atoms with van der Waals surface area (Å²) in [6.07, 6.45) is 4.19. The van der Waals surface area contributed by atoms with Gasteiger partial charge in [-0.1, -0.05) is 38.1 Å². The highest BCUT2D eigenvalue weighted by atomic mass is 16.3. The number of hydrogen-bond donors (Lipinski definition) is 2. The molecule has 1 aromatic carbocycles. The summed E-state index contributed by atoms with van der Waals surface area (Å²) in [6.45, 7) is 5.51. The molecular formula is C17H25NO. The molecule has 1 aliphatic heterocycles. The highest BCUT2D eigenvalue weighted by Crippen LogP contribution is 2.44. The van der Waals surface area contributed by atoms with Gasteiger partial charge in [0.1, 0.15) is 0 Å². The molecule has 0 amide bonds. The van der Waals surface area contributed by atoms with Gasteiger partial charge in [-0.3, -0.25) is 0 Å². The minimum absolute atomic E-state index is 0.136. The maximum absolute atomic E-state index is 11.1. The normalized spacial score (nSPS) is 34.5. The predicted molar refractivity (Wildman–Crippen MR) is 77.8 cm³/mol. The summed E-state index contributed by atoms with van der Waals surface area (Å²) >= 11 is 0. The van der Waals surface area contributed by atoms with Gasteiger partial charge in [-0.05, 0) is 48.6 Å². The predicted octanol–water partition coefficient (Wildman–Crippen LogP) is 3.41. The SMILES string of the molecule is CC(C)C1CCC(O)(C2NCc3ccccc32)CC1. The Labute approximate surface area is 116 Å². The van der Waals surface area contributed by atoms with Crippen LogP contribution in [0, 0.1) is 11.8 Å². The van der Waals surface area contributed by atoms with E-state index in [1.54, 1.807) is 0 Å². The van der Waals surface area contributed by atoms with Gasteiger partial charge in [0.2, 0.25) is 0 Å². The second-order valence-corrected chi connectivity index (χ2v) is 6.70. The maximum Gasteiger partial charge on any atom is 0.0842 e. The highest BCUT2D eigenvalue weighted by Gasteiger charge is 2.43. The van der Waals surface area contributed by atoms with Crippen molar-refractivity contribution in [1.29, 1.82) is 0 Å². The molecule has 1 aromatic rings. The smallest absolute Gasteiger partial charge is 0.0842 e. The third kappa shape index (κ3) is 2.32. The Bertz CT molecular complexity index is 446. The van der Waals surface area contributed by atoms with Crippen LogP contribution < -0.4 is 5.32 Å². The third-order valence-corrected chi connectivity index (χ3v) is 5.24. The summed E-state index contributed by atoms with van der Waals surface area (Å²) in [5.41, 5.74) is 2.12. The molecule has 0 aromatic heterocycles. The van der Waals surface area contributed by atoms with E-state index in [0.29, 0.717) is 0 Å². The zero-order valence-corrected chi connectivity index (χ0v) is 12.0. The molecule has 19 heavy (non-hydrogen) atoms. The molecule has 1 unspecified atom stereocenters. The molecule has 1 saturated carbocycles. The lowest BCUT2D eigenvalue weighted by Crippen LogP contribution is -2.44. The van der Waals surface area contributed by atoms with Gasteiger partial charge in [-0.25, -0.2) is 0 Å². The number of hydrogen-bond acceptors (Lipinski definition) is 2. The van der Waals surface area contributed by atoms with Crippen LogP contribution >= 0.6 is 0 Å². The molecular weight excluding hydrogens is 234 g/mol. The van der Waals surface area contributed by atoms with Gasteiger partial charge in [-0.2, -0.15) is 0 Å². The average molecular weight is 259 g/mol. The van der Waals surface area contributed by atoms with E-state index in [4.69, 9.17) is 0 Å². The molecule has 1 fully saturated rings. The van der Waals surface area contributed by atoms with Gasteiger partial charge in [0.05, 0.1) is 11.6 Å². The quantitative estimate of drug-likeness (QED) is 0.853. The fourth-order valence-corrected chi connectivity index (χ4v) is 3.87. The molecule has 1 heterocycles. The first-order valence-electron chi connectivity index (χ1n) is 7.64. The lowest BCUT2D eigenvalue weighted by atomic mass is 9.71. The van der Waals surface area contributed by atoms with Crippen molar-refractivity contribution in [3.63, 3.8) is 0 Å². The molecule has 104 valence electrons. The van der Waals surface area contributed by atoms with Gasteiger partial charge in [0.25, 0.3) is 0 Å². The summed E-state index contributed by atoms with van der Waals surface area (Å²) < 4.78 is 0. The van der Waals surface area contributed by atoms with Crippen molar-refractivity contribution in [1.82, 2.24) is 5.32 Å². The van der Waals surface area contributed by atoms with Crippen molar-refractivity contribution in [2.45, 2.75) is 57.7 Å². The van der Waals surface area contributed by atoms with Crippen molar-refractivity contribution < 1.29 is 5.11 Å². The fraction of sp³-hybridized carbons (Fsp3) is 0.647. The number of fused-ring (bicyclic) bond motifs is 1. The van der Waals surface area contributed by atoms with Gasteiger partial charge >= 0.3 is 0 Å². The topological polar surface area (TPSA) is 32.3 Å². The molecule has 3 rings (SSSR count). The van der Waals surface area contributed by atoms with E-state index in [1.807, 2.05) is 0 Å². The van der Waals surface area contributed by atoms with Crippen LogP contribution in [0.15, 0.2) is 24.3 Å². The van der Waals surface area contributed by atoms with E-state index in [9.17, 15) is 5.11 Å². The summed E-state index contributed by atoms with van der Waals surface area (Å²) in [5, 5.41) is 14.6. The fourth-order valence-electron chi connectivity index (χ4n) is 3.87. The van der Waals surface area contributed by atoms with E-state index in [0.717, 1.165) is 44.1 Å². The second-order valence-electron chi connectivity index (χ2n) is 6.70. The Morgan fingerprint density at radius 1 is 1.21 bits per heavy atom. The van der Waals surface area contributed by atoms with E-state index < -0.39 is 5.60 Å². The second kappa shape index (κ2) is 4.92. The molecule has 0 bridgehead atoms. The van der Waals surface area contributed by atoms with Crippen LogP contribution in [-0.2, 0) is 6.54 Å². The molecule has 2 heteroatoms. The average Bonchev–Trinajstić information content (AvgIpc) is 2.83. The molecule has 0 saturated heterocycles. The van der Waals surface area contributed by atoms with Crippen LogP contribution in [0.1, 0.15) is 56.7 Å². The Morgan fingerprint density at radius 2 is 1.89 bits per heavy atom. The van der Waals surface area contributed by atoms with Gasteiger partial charge in [0.15, 0.2) is 0 Å². The lowest BCUT2D eigenvalue weighted by molar-refractivity contribution is -0.0445. The number of aliphatic hydroxyl groups is 1. The molecule has 0 spiro atoms. The third-order valence-electron chi connectivity index (χ3n) is 5.24. The largest absolute Gasteiger partial charge is 0.388 e. The minimum atomic E-state index is -0.544. The van der Waals surface area contributed by atoms with E-state index in [1.165, 1.54) is 11.1 Å². The zero-order chi connectivity index (χ0) is 13.5. The Kier molecular flexibility index (Phi) is 3.40. The van der Waals surface area contributed by atoms with Crippen LogP contribution in [0.5, 0.6) is 0 Å². The molecule has 2 aliphatic rings. The molecule has 1 aliphatic carbocycles. The van der Waals surface area contributed by atoms with E-state index >= 15 is 0 Å². The molecule has 0 radical (unpaired) electrons. The van der Waals surface area contributed by atoms with E-state index in [-0.39, 0.29) is 6.04 Å². The van der Waals surface area contributed by atoms with Crippen molar-refractivity contribution in [3.05, 3.63) is 35.4 Å². The highest BCUT2D eigenvalue weighted by molar-refractivity contribution is 5.36. The van der Waals surface area contributed by atoms with Crippen molar-refractivity contribution in [2.75, 3.05) is 0 Å². The minimum Gasteiger partial charge on any atom is -0.388 e. The first-order valence-corrected chi connectivity index (χ1v) is 7.64. The van der Waals surface area contributed by atoms with Crippen molar-refractivity contribution in [3.8, 4) is 0 Å². The standard InChI is InChI=1S/C17H25NO/c1-12(2)13-7-9-17(19,10-8-13)16-15-6-4-3-5-14(15)11-18-16/h3-6,12-13,16,18-19H,7-11H2,1-2H3. The zero-order valence-electron chi connectivity index (χ0n) is 12.0. The maximum atomic E-state index is 11.1. The summed E-state index contributed by atoms with van der Waals surface area (Å²) in [6, 6.07) is 8.65. The van der Waals surface area contributed by atoms with Crippen LogP contribution in [0.2, 0.25) is 0 Å². The first-order chi connectivity index (χ1) is 9.10. The van der Waals surface area contributed by atoms with Gasteiger partial charge in [0, 0.05) is 6.54 Å². The lowest BCUT2D eigenvalue weighted by Gasteiger charge is -2.41. The Morgan fingerprint density at radius 3 is 2.58 bits per heavy atom. The van der Waals surface area contributed by atoms with Crippen LogP contribution in [0.3, 0.4) is 0 Å². The Hall–Kier alpha value is -0.860. The van der Waals surface area contributed by atoms with Crippen molar-refractivity contribution >= 4 is 0 Å². The number of nitrogens with one attached hydrogen (secondary N) is 1. The molecule has 2 N–H and O–H groups in total. The monoisotopic (exact) mass is 259 g/mol. The van der Waals surface area contributed by atoms with Crippen molar-refractivity contribution in [2.24, 2.45) is 11.8 Å². The van der Waals surface area contributed by atoms with Crippen LogP contribution in [0.4, 0.5) is 0 Å².